The molecule has 2 aliphatic carbocycles. The van der Waals surface area contributed by atoms with Crippen LogP contribution < -0.4 is 0 Å². The van der Waals surface area contributed by atoms with Crippen LogP contribution in [0.3, 0.4) is 0 Å². The molecule has 0 aromatic carbocycles. The molecule has 1 N–H and O–H groups in total. The average molecular weight is 184 g/mol. The topological polar surface area (TPSA) is 42.0 Å². The van der Waals surface area contributed by atoms with Crippen LogP contribution in [0.15, 0.2) is 0 Å². The molecule has 74 valence electrons. The van der Waals surface area contributed by atoms with E-state index in [1.165, 1.54) is 0 Å². The van der Waals surface area contributed by atoms with Gasteiger partial charge in [-0.3, -0.25) is 0 Å². The van der Waals surface area contributed by atoms with Gasteiger partial charge in [-0.25, -0.2) is 0 Å². The Balaban J connectivity index is 1.56. The lowest BCUT2D eigenvalue weighted by Crippen LogP contribution is -2.30. The molecule has 0 aromatic heterocycles. The summed E-state index contributed by atoms with van der Waals surface area (Å²) in [5.74, 6) is 0. The van der Waals surface area contributed by atoms with Gasteiger partial charge in [0.2, 0.25) is 0 Å². The van der Waals surface area contributed by atoms with Gasteiger partial charge < -0.3 is 14.6 Å². The highest BCUT2D eigenvalue weighted by Crippen LogP contribution is 2.41. The monoisotopic (exact) mass is 184 g/mol. The van der Waals surface area contributed by atoms with Crippen molar-refractivity contribution in [3.8, 4) is 0 Å². The molecule has 13 heavy (non-hydrogen) atoms. The van der Waals surface area contributed by atoms with E-state index in [1.54, 1.807) is 0 Å². The molecule has 1 aliphatic heterocycles. The van der Waals surface area contributed by atoms with Gasteiger partial charge in [0.25, 0.3) is 0 Å². The van der Waals surface area contributed by atoms with E-state index in [9.17, 15) is 5.11 Å². The summed E-state index contributed by atoms with van der Waals surface area (Å²) < 4.78 is 11.3. The Morgan fingerprint density at radius 2 is 2.00 bits per heavy atom. The number of hydrogen-bond donors (Lipinski definition) is 1. The number of fused-ring (bicyclic) bond motifs is 1. The molecule has 3 heteroatoms. The van der Waals surface area contributed by atoms with E-state index >= 15 is 0 Å². The van der Waals surface area contributed by atoms with Crippen LogP contribution in [0.4, 0.5) is 0 Å². The molecular formula is C10H16O3. The van der Waals surface area contributed by atoms with Crippen LogP contribution in [0.2, 0.25) is 0 Å². The zero-order chi connectivity index (χ0) is 8.84. The van der Waals surface area contributed by atoms with Crippen molar-refractivity contribution in [2.24, 2.45) is 0 Å². The first-order chi connectivity index (χ1) is 6.34. The summed E-state index contributed by atoms with van der Waals surface area (Å²) in [4.78, 5) is 0. The number of hydrogen-bond acceptors (Lipinski definition) is 3. The van der Waals surface area contributed by atoms with Crippen molar-refractivity contribution >= 4 is 0 Å². The standard InChI is InChI=1S/C10H16O3/c11-6-2-1-3-7(6)12-8-4-5-9-10(8)13-9/h6-11H,1-5H2. The molecule has 0 radical (unpaired) electrons. The largest absolute Gasteiger partial charge is 0.390 e. The normalized spacial score (nSPS) is 53.8. The van der Waals surface area contributed by atoms with E-state index in [-0.39, 0.29) is 18.3 Å². The maximum Gasteiger partial charge on any atom is 0.110 e. The lowest BCUT2D eigenvalue weighted by Gasteiger charge is -2.20. The number of ether oxygens (including phenoxy) is 2. The SMILES string of the molecule is OC1CCCC1OC1CCC2OC12. The summed E-state index contributed by atoms with van der Waals surface area (Å²) in [6.45, 7) is 0. The maximum atomic E-state index is 9.58. The van der Waals surface area contributed by atoms with Gasteiger partial charge in [0.15, 0.2) is 0 Å². The van der Waals surface area contributed by atoms with Crippen LogP contribution in [0.1, 0.15) is 32.1 Å². The molecule has 0 aromatic rings. The molecule has 2 saturated carbocycles. The van der Waals surface area contributed by atoms with Crippen LogP contribution in [0.25, 0.3) is 0 Å². The molecular weight excluding hydrogens is 168 g/mol. The minimum absolute atomic E-state index is 0.0907. The molecule has 0 bridgehead atoms. The molecule has 0 spiro atoms. The van der Waals surface area contributed by atoms with Gasteiger partial charge in [-0.2, -0.15) is 0 Å². The van der Waals surface area contributed by atoms with E-state index in [4.69, 9.17) is 9.47 Å². The highest BCUT2D eigenvalue weighted by molar-refractivity contribution is 4.99. The highest BCUT2D eigenvalue weighted by atomic mass is 16.6. The first kappa shape index (κ1) is 8.21. The van der Waals surface area contributed by atoms with Gasteiger partial charge in [0, 0.05) is 0 Å². The van der Waals surface area contributed by atoms with Crippen molar-refractivity contribution in [3.05, 3.63) is 0 Å². The first-order valence-corrected chi connectivity index (χ1v) is 5.33. The molecule has 5 unspecified atom stereocenters. The van der Waals surface area contributed by atoms with Crippen molar-refractivity contribution < 1.29 is 14.6 Å². The average Bonchev–Trinajstić information content (AvgIpc) is 2.65. The number of epoxide rings is 1. The van der Waals surface area contributed by atoms with Crippen molar-refractivity contribution in [3.63, 3.8) is 0 Å². The molecule has 3 nitrogen and oxygen atoms in total. The molecule has 1 heterocycles. The molecule has 3 aliphatic rings. The smallest absolute Gasteiger partial charge is 0.110 e. The van der Waals surface area contributed by atoms with E-state index in [0.29, 0.717) is 12.2 Å². The second-order valence-electron chi connectivity index (χ2n) is 4.43. The van der Waals surface area contributed by atoms with Crippen LogP contribution >= 0.6 is 0 Å². The van der Waals surface area contributed by atoms with Crippen LogP contribution in [-0.2, 0) is 9.47 Å². The fourth-order valence-corrected chi connectivity index (χ4v) is 2.64. The van der Waals surface area contributed by atoms with Crippen molar-refractivity contribution in [1.82, 2.24) is 0 Å². The van der Waals surface area contributed by atoms with Crippen LogP contribution in [0.5, 0.6) is 0 Å². The van der Waals surface area contributed by atoms with Gasteiger partial charge in [0.05, 0.1) is 24.4 Å². The molecule has 3 fully saturated rings. The third kappa shape index (κ3) is 1.39. The third-order valence-electron chi connectivity index (χ3n) is 3.49. The van der Waals surface area contributed by atoms with Crippen LogP contribution in [0, 0.1) is 0 Å². The van der Waals surface area contributed by atoms with Crippen molar-refractivity contribution in [2.45, 2.75) is 62.6 Å². The predicted octanol–water partition coefficient (Wildman–Crippen LogP) is 0.846. The Bertz CT molecular complexity index is 200. The van der Waals surface area contributed by atoms with Crippen molar-refractivity contribution in [2.75, 3.05) is 0 Å². The third-order valence-corrected chi connectivity index (χ3v) is 3.49. The molecule has 3 rings (SSSR count). The summed E-state index contributed by atoms with van der Waals surface area (Å²) in [5.41, 5.74) is 0. The van der Waals surface area contributed by atoms with Crippen molar-refractivity contribution in [1.29, 1.82) is 0 Å². The number of aliphatic hydroxyl groups is 1. The minimum Gasteiger partial charge on any atom is -0.390 e. The molecule has 1 saturated heterocycles. The van der Waals surface area contributed by atoms with E-state index in [2.05, 4.69) is 0 Å². The zero-order valence-electron chi connectivity index (χ0n) is 7.69. The number of aliphatic hydroxyl groups excluding tert-OH is 1. The Labute approximate surface area is 78.0 Å². The highest BCUT2D eigenvalue weighted by Gasteiger charge is 2.52. The molecule has 0 amide bonds. The summed E-state index contributed by atoms with van der Waals surface area (Å²) in [6.07, 6.45) is 6.32. The van der Waals surface area contributed by atoms with Gasteiger partial charge in [-0.05, 0) is 32.1 Å². The lowest BCUT2D eigenvalue weighted by molar-refractivity contribution is -0.0718. The second-order valence-corrected chi connectivity index (χ2v) is 4.43. The second kappa shape index (κ2) is 2.94. The maximum absolute atomic E-state index is 9.58. The van der Waals surface area contributed by atoms with Gasteiger partial charge in [-0.1, -0.05) is 0 Å². The summed E-state index contributed by atoms with van der Waals surface area (Å²) in [5, 5.41) is 9.58. The van der Waals surface area contributed by atoms with E-state index < -0.39 is 0 Å². The summed E-state index contributed by atoms with van der Waals surface area (Å²) in [6, 6.07) is 0. The minimum atomic E-state index is -0.224. The van der Waals surface area contributed by atoms with E-state index in [0.717, 1.165) is 32.1 Å². The van der Waals surface area contributed by atoms with Gasteiger partial charge in [0.1, 0.15) is 6.10 Å². The van der Waals surface area contributed by atoms with E-state index in [1.807, 2.05) is 0 Å². The Morgan fingerprint density at radius 1 is 1.08 bits per heavy atom. The van der Waals surface area contributed by atoms with Gasteiger partial charge >= 0.3 is 0 Å². The lowest BCUT2D eigenvalue weighted by atomic mass is 10.2. The quantitative estimate of drug-likeness (QED) is 0.647. The Morgan fingerprint density at radius 3 is 2.54 bits per heavy atom. The Hall–Kier alpha value is -0.120. The first-order valence-electron chi connectivity index (χ1n) is 5.33. The number of rotatable bonds is 2. The van der Waals surface area contributed by atoms with Crippen LogP contribution in [-0.4, -0.2) is 35.6 Å². The zero-order valence-corrected chi connectivity index (χ0v) is 7.69. The summed E-state index contributed by atoms with van der Waals surface area (Å²) in [7, 11) is 0. The molecule has 5 atom stereocenters. The summed E-state index contributed by atoms with van der Waals surface area (Å²) >= 11 is 0. The van der Waals surface area contributed by atoms with Gasteiger partial charge in [-0.15, -0.1) is 0 Å². The Kier molecular flexibility index (Phi) is 1.86. The fourth-order valence-electron chi connectivity index (χ4n) is 2.64. The fraction of sp³-hybridized carbons (Fsp3) is 1.00. The predicted molar refractivity (Wildman–Crippen MR) is 46.4 cm³/mol.